The van der Waals surface area contributed by atoms with Gasteiger partial charge in [0.2, 0.25) is 0 Å². The number of pyridine rings is 1. The lowest BCUT2D eigenvalue weighted by atomic mass is 10.0. The molecule has 0 bridgehead atoms. The number of aromatic nitrogens is 1. The molecule has 0 fully saturated rings. The Labute approximate surface area is 167 Å². The summed E-state index contributed by atoms with van der Waals surface area (Å²) in [5, 5.41) is 4.93. The van der Waals surface area contributed by atoms with Gasteiger partial charge < -0.3 is 0 Å². The van der Waals surface area contributed by atoms with Crippen molar-refractivity contribution < 1.29 is 9.18 Å². The molecule has 0 atom stereocenters. The highest BCUT2D eigenvalue weighted by Crippen LogP contribution is 2.24. The van der Waals surface area contributed by atoms with E-state index in [0.29, 0.717) is 17.0 Å². The molecule has 0 saturated heterocycles. The molecule has 3 aromatic carbocycles. The van der Waals surface area contributed by atoms with Crippen molar-refractivity contribution in [2.75, 3.05) is 0 Å². The second-order valence-corrected chi connectivity index (χ2v) is 6.58. The van der Waals surface area contributed by atoms with Crippen molar-refractivity contribution in [3.8, 4) is 11.3 Å². The Kier molecular flexibility index (Phi) is 5.12. The molecule has 4 nitrogen and oxygen atoms in total. The maximum Gasteiger partial charge on any atom is 0.272 e. The molecule has 142 valence electrons. The third kappa shape index (κ3) is 4.04. The molecule has 4 rings (SSSR count). The molecule has 0 aliphatic carbocycles. The number of benzene rings is 3. The summed E-state index contributed by atoms with van der Waals surface area (Å²) >= 11 is 0. The lowest BCUT2D eigenvalue weighted by Gasteiger charge is -2.09. The zero-order valence-corrected chi connectivity index (χ0v) is 15.8. The van der Waals surface area contributed by atoms with Gasteiger partial charge in [0.15, 0.2) is 0 Å². The Morgan fingerprint density at radius 1 is 0.931 bits per heavy atom. The summed E-state index contributed by atoms with van der Waals surface area (Å²) in [5.74, 6) is -0.649. The minimum Gasteiger partial charge on any atom is -0.267 e. The lowest BCUT2D eigenvalue weighted by molar-refractivity contribution is 0.0956. The maximum atomic E-state index is 13.1. The van der Waals surface area contributed by atoms with E-state index in [1.54, 1.807) is 25.1 Å². The van der Waals surface area contributed by atoms with Crippen molar-refractivity contribution in [1.29, 1.82) is 0 Å². The molecular formula is C24H18FN3O. The second-order valence-electron chi connectivity index (χ2n) is 6.58. The summed E-state index contributed by atoms with van der Waals surface area (Å²) in [5.41, 5.74) is 6.80. The number of amides is 1. The van der Waals surface area contributed by atoms with Gasteiger partial charge in [-0.1, -0.05) is 60.7 Å². The van der Waals surface area contributed by atoms with E-state index in [0.717, 1.165) is 22.0 Å². The molecule has 0 spiro atoms. The van der Waals surface area contributed by atoms with Crippen LogP contribution < -0.4 is 5.43 Å². The molecule has 1 amide bonds. The average Bonchev–Trinajstić information content (AvgIpc) is 2.77. The third-order valence-electron chi connectivity index (χ3n) is 4.62. The second kappa shape index (κ2) is 8.02. The monoisotopic (exact) mass is 383 g/mol. The fourth-order valence-electron chi connectivity index (χ4n) is 3.07. The van der Waals surface area contributed by atoms with Crippen LogP contribution in [0, 0.1) is 5.82 Å². The van der Waals surface area contributed by atoms with E-state index in [1.807, 2.05) is 54.6 Å². The number of carbonyl (C=O) groups is 1. The van der Waals surface area contributed by atoms with Crippen molar-refractivity contribution in [3.05, 3.63) is 102 Å². The number of hydrogen-bond acceptors (Lipinski definition) is 3. The topological polar surface area (TPSA) is 54.4 Å². The van der Waals surface area contributed by atoms with Crippen LogP contribution in [0.5, 0.6) is 0 Å². The zero-order chi connectivity index (χ0) is 20.2. The van der Waals surface area contributed by atoms with Crippen molar-refractivity contribution in [1.82, 2.24) is 10.4 Å². The number of nitrogens with one attached hydrogen (secondary N) is 1. The molecule has 1 aromatic heterocycles. The third-order valence-corrected chi connectivity index (χ3v) is 4.62. The van der Waals surface area contributed by atoms with E-state index in [9.17, 15) is 9.18 Å². The van der Waals surface area contributed by atoms with E-state index in [4.69, 9.17) is 0 Å². The Hall–Kier alpha value is -3.86. The first-order valence-electron chi connectivity index (χ1n) is 9.17. The summed E-state index contributed by atoms with van der Waals surface area (Å²) < 4.78 is 13.1. The van der Waals surface area contributed by atoms with Gasteiger partial charge in [0, 0.05) is 10.9 Å². The standard InChI is InChI=1S/C24H18FN3O/c1-16(17-11-13-19(25)14-12-17)27-28-24(29)21-15-23(18-7-3-2-4-8-18)26-22-10-6-5-9-20(21)22/h2-15H,1H3,(H,28,29)/b27-16-. The fourth-order valence-corrected chi connectivity index (χ4v) is 3.07. The van der Waals surface area contributed by atoms with Crippen LogP contribution in [0.25, 0.3) is 22.2 Å². The van der Waals surface area contributed by atoms with Gasteiger partial charge in [0.05, 0.1) is 22.5 Å². The highest BCUT2D eigenvalue weighted by atomic mass is 19.1. The number of rotatable bonds is 4. The van der Waals surface area contributed by atoms with Crippen LogP contribution in [0.1, 0.15) is 22.8 Å². The van der Waals surface area contributed by atoms with Crippen LogP contribution in [-0.2, 0) is 0 Å². The zero-order valence-electron chi connectivity index (χ0n) is 15.8. The van der Waals surface area contributed by atoms with Gasteiger partial charge in [0.1, 0.15) is 5.82 Å². The van der Waals surface area contributed by atoms with Gasteiger partial charge in [0.25, 0.3) is 5.91 Å². The van der Waals surface area contributed by atoms with Crippen LogP contribution in [0.3, 0.4) is 0 Å². The van der Waals surface area contributed by atoms with E-state index >= 15 is 0 Å². The molecule has 5 heteroatoms. The lowest BCUT2D eigenvalue weighted by Crippen LogP contribution is -2.20. The SMILES string of the molecule is C/C(=N/NC(=O)c1cc(-c2ccccc2)nc2ccccc12)c1ccc(F)cc1. The van der Waals surface area contributed by atoms with Gasteiger partial charge in [-0.2, -0.15) is 5.10 Å². The molecule has 29 heavy (non-hydrogen) atoms. The van der Waals surface area contributed by atoms with Crippen molar-refractivity contribution in [3.63, 3.8) is 0 Å². The smallest absolute Gasteiger partial charge is 0.267 e. The van der Waals surface area contributed by atoms with E-state index in [2.05, 4.69) is 15.5 Å². The van der Waals surface area contributed by atoms with Crippen molar-refractivity contribution >= 4 is 22.5 Å². The molecule has 0 unspecified atom stereocenters. The summed E-state index contributed by atoms with van der Waals surface area (Å²) in [6.45, 7) is 1.76. The normalized spacial score (nSPS) is 11.4. The Morgan fingerprint density at radius 2 is 1.62 bits per heavy atom. The van der Waals surface area contributed by atoms with Crippen LogP contribution in [0.2, 0.25) is 0 Å². The Morgan fingerprint density at radius 3 is 2.38 bits per heavy atom. The largest absolute Gasteiger partial charge is 0.272 e. The Balaban J connectivity index is 1.69. The van der Waals surface area contributed by atoms with Crippen LogP contribution in [-0.4, -0.2) is 16.6 Å². The van der Waals surface area contributed by atoms with Gasteiger partial charge in [-0.3, -0.25) is 4.79 Å². The minimum absolute atomic E-state index is 0.317. The van der Waals surface area contributed by atoms with Crippen LogP contribution >= 0.6 is 0 Å². The van der Waals surface area contributed by atoms with Gasteiger partial charge in [-0.25, -0.2) is 14.8 Å². The summed E-state index contributed by atoms with van der Waals surface area (Å²) in [7, 11) is 0. The fraction of sp³-hybridized carbons (Fsp3) is 0.0417. The van der Waals surface area contributed by atoms with Crippen LogP contribution in [0.15, 0.2) is 90.0 Å². The molecule has 0 radical (unpaired) electrons. The minimum atomic E-state index is -0.331. The van der Waals surface area contributed by atoms with Crippen molar-refractivity contribution in [2.24, 2.45) is 5.10 Å². The molecule has 4 aromatic rings. The molecular weight excluding hydrogens is 365 g/mol. The summed E-state index contributed by atoms with van der Waals surface area (Å²) in [6, 6.07) is 25.0. The first-order valence-corrected chi connectivity index (χ1v) is 9.17. The predicted molar refractivity (Wildman–Crippen MR) is 113 cm³/mol. The highest BCUT2D eigenvalue weighted by molar-refractivity contribution is 6.08. The van der Waals surface area contributed by atoms with E-state index in [1.165, 1.54) is 12.1 Å². The first kappa shape index (κ1) is 18.5. The Bertz CT molecular complexity index is 1200. The van der Waals surface area contributed by atoms with Crippen LogP contribution in [0.4, 0.5) is 4.39 Å². The van der Waals surface area contributed by atoms with E-state index in [-0.39, 0.29) is 11.7 Å². The molecule has 0 aliphatic heterocycles. The summed E-state index contributed by atoms with van der Waals surface area (Å²) in [4.78, 5) is 17.6. The van der Waals surface area contributed by atoms with E-state index < -0.39 is 0 Å². The number of fused-ring (bicyclic) bond motifs is 1. The van der Waals surface area contributed by atoms with Crippen molar-refractivity contribution in [2.45, 2.75) is 6.92 Å². The first-order chi connectivity index (χ1) is 14.1. The van der Waals surface area contributed by atoms with Gasteiger partial charge in [-0.05, 0) is 36.8 Å². The van der Waals surface area contributed by atoms with Gasteiger partial charge >= 0.3 is 0 Å². The molecule has 1 N–H and O–H groups in total. The number of hydrazone groups is 1. The summed E-state index contributed by atoms with van der Waals surface area (Å²) in [6.07, 6.45) is 0. The number of hydrogen-bond donors (Lipinski definition) is 1. The number of para-hydroxylation sites is 1. The highest BCUT2D eigenvalue weighted by Gasteiger charge is 2.13. The molecule has 0 saturated carbocycles. The van der Waals surface area contributed by atoms with Gasteiger partial charge in [-0.15, -0.1) is 0 Å². The quantitative estimate of drug-likeness (QED) is 0.389. The average molecular weight is 383 g/mol. The number of carbonyl (C=O) groups excluding carboxylic acids is 1. The maximum absolute atomic E-state index is 13.1. The number of nitrogens with zero attached hydrogens (tertiary/aromatic N) is 2. The number of halogens is 1. The molecule has 0 aliphatic rings. The molecule has 1 heterocycles. The predicted octanol–water partition coefficient (Wildman–Crippen LogP) is 5.19.